The zero-order valence-electron chi connectivity index (χ0n) is 13.4. The molecule has 4 N–H and O–H groups in total. The lowest BCUT2D eigenvalue weighted by atomic mass is 10.0. The third kappa shape index (κ3) is 10.6. The van der Waals surface area contributed by atoms with Crippen molar-refractivity contribution in [3.63, 3.8) is 0 Å². The third-order valence-corrected chi connectivity index (χ3v) is 2.67. The first kappa shape index (κ1) is 19.2. The summed E-state index contributed by atoms with van der Waals surface area (Å²) >= 11 is 0. The van der Waals surface area contributed by atoms with Gasteiger partial charge in [-0.2, -0.15) is 0 Å². The maximum Gasteiger partial charge on any atom is 0.315 e. The van der Waals surface area contributed by atoms with Crippen LogP contribution in [0.25, 0.3) is 0 Å². The molecule has 1 unspecified atom stereocenters. The van der Waals surface area contributed by atoms with Gasteiger partial charge < -0.3 is 21.1 Å². The Morgan fingerprint density at radius 1 is 1.14 bits per heavy atom. The Balaban J connectivity index is 4.09. The molecule has 7 heteroatoms. The van der Waals surface area contributed by atoms with E-state index in [1.807, 2.05) is 34.6 Å². The number of hydrogen-bond acceptors (Lipinski definition) is 3. The van der Waals surface area contributed by atoms with Crippen molar-refractivity contribution in [2.45, 2.75) is 59.0 Å². The minimum absolute atomic E-state index is 0.0102. The van der Waals surface area contributed by atoms with Gasteiger partial charge in [-0.25, -0.2) is 4.79 Å². The summed E-state index contributed by atoms with van der Waals surface area (Å²) in [6.45, 7) is 9.51. The van der Waals surface area contributed by atoms with E-state index in [1.165, 1.54) is 0 Å². The van der Waals surface area contributed by atoms with Crippen molar-refractivity contribution in [3.05, 3.63) is 0 Å². The quantitative estimate of drug-likeness (QED) is 0.564. The van der Waals surface area contributed by atoms with Gasteiger partial charge in [-0.15, -0.1) is 0 Å². The van der Waals surface area contributed by atoms with Gasteiger partial charge in [0, 0.05) is 24.5 Å². The molecule has 0 aromatic heterocycles. The van der Waals surface area contributed by atoms with Crippen LogP contribution in [-0.2, 0) is 9.59 Å². The Bertz CT molecular complexity index is 375. The number of carbonyl (C=O) groups excluding carboxylic acids is 2. The lowest BCUT2D eigenvalue weighted by Gasteiger charge is -2.22. The van der Waals surface area contributed by atoms with Crippen molar-refractivity contribution in [3.8, 4) is 0 Å². The van der Waals surface area contributed by atoms with Gasteiger partial charge >= 0.3 is 12.0 Å². The Kier molecular flexibility index (Phi) is 7.76. The summed E-state index contributed by atoms with van der Waals surface area (Å²) in [5.74, 6) is -1.09. The van der Waals surface area contributed by atoms with Gasteiger partial charge in [-0.1, -0.05) is 13.8 Å². The van der Waals surface area contributed by atoms with Crippen LogP contribution in [0.3, 0.4) is 0 Å². The van der Waals surface area contributed by atoms with E-state index in [0.717, 1.165) is 0 Å². The zero-order chi connectivity index (χ0) is 16.6. The van der Waals surface area contributed by atoms with Gasteiger partial charge in [-0.05, 0) is 26.7 Å². The molecule has 0 saturated carbocycles. The summed E-state index contributed by atoms with van der Waals surface area (Å²) in [7, 11) is 0. The first-order valence-electron chi connectivity index (χ1n) is 7.08. The summed E-state index contributed by atoms with van der Waals surface area (Å²) in [5.41, 5.74) is -0.302. The molecule has 0 fully saturated rings. The van der Waals surface area contributed by atoms with Crippen molar-refractivity contribution in [1.29, 1.82) is 0 Å². The van der Waals surface area contributed by atoms with Crippen LogP contribution in [0.5, 0.6) is 0 Å². The molecular weight excluding hydrogens is 274 g/mol. The lowest BCUT2D eigenvalue weighted by molar-refractivity contribution is -0.137. The Hall–Kier alpha value is -1.79. The topological polar surface area (TPSA) is 108 Å². The number of aliphatic carboxylic acids is 1. The van der Waals surface area contributed by atoms with E-state index in [0.29, 0.717) is 0 Å². The largest absolute Gasteiger partial charge is 0.481 e. The van der Waals surface area contributed by atoms with Crippen molar-refractivity contribution in [2.24, 2.45) is 5.92 Å². The highest BCUT2D eigenvalue weighted by Crippen LogP contribution is 2.05. The van der Waals surface area contributed by atoms with E-state index in [-0.39, 0.29) is 36.8 Å². The van der Waals surface area contributed by atoms with E-state index >= 15 is 0 Å². The smallest absolute Gasteiger partial charge is 0.315 e. The number of rotatable bonds is 7. The molecule has 0 radical (unpaired) electrons. The molecule has 3 amide bonds. The second-order valence-corrected chi connectivity index (χ2v) is 6.40. The fourth-order valence-electron chi connectivity index (χ4n) is 1.63. The van der Waals surface area contributed by atoms with Crippen LogP contribution in [0.4, 0.5) is 4.79 Å². The van der Waals surface area contributed by atoms with Crippen LogP contribution >= 0.6 is 0 Å². The Labute approximate surface area is 125 Å². The van der Waals surface area contributed by atoms with Gasteiger partial charge in [-0.3, -0.25) is 9.59 Å². The van der Waals surface area contributed by atoms with Crippen LogP contribution in [0.1, 0.15) is 47.5 Å². The number of urea groups is 1. The molecule has 21 heavy (non-hydrogen) atoms. The molecule has 0 aromatic carbocycles. The van der Waals surface area contributed by atoms with Gasteiger partial charge in [0.25, 0.3) is 0 Å². The predicted octanol–water partition coefficient (Wildman–Crippen LogP) is 1.09. The fourth-order valence-corrected chi connectivity index (χ4v) is 1.63. The molecule has 0 saturated heterocycles. The molecule has 0 spiro atoms. The third-order valence-electron chi connectivity index (χ3n) is 2.67. The molecule has 0 aliphatic rings. The number of carbonyl (C=O) groups is 3. The Morgan fingerprint density at radius 2 is 1.71 bits per heavy atom. The lowest BCUT2D eigenvalue weighted by Crippen LogP contribution is -2.47. The molecule has 0 heterocycles. The molecular formula is C14H27N3O4. The molecule has 1 atom stereocenters. The van der Waals surface area contributed by atoms with E-state index in [4.69, 9.17) is 5.11 Å². The molecule has 0 aliphatic carbocycles. The van der Waals surface area contributed by atoms with Crippen LogP contribution < -0.4 is 16.0 Å². The average Bonchev–Trinajstić information content (AvgIpc) is 2.24. The first-order valence-corrected chi connectivity index (χ1v) is 7.08. The zero-order valence-corrected chi connectivity index (χ0v) is 13.4. The van der Waals surface area contributed by atoms with Gasteiger partial charge in [0.05, 0.1) is 6.42 Å². The Morgan fingerprint density at radius 3 is 2.14 bits per heavy atom. The summed E-state index contributed by atoms with van der Waals surface area (Å²) in [5, 5.41) is 16.7. The summed E-state index contributed by atoms with van der Waals surface area (Å²) in [6.07, 6.45) is 0.0472. The number of carboxylic acid groups (broad SMARTS) is 1. The number of amides is 3. The van der Waals surface area contributed by atoms with E-state index < -0.39 is 18.0 Å². The van der Waals surface area contributed by atoms with Crippen LogP contribution in [0.2, 0.25) is 0 Å². The highest BCUT2D eigenvalue weighted by molar-refractivity contribution is 5.79. The average molecular weight is 301 g/mol. The van der Waals surface area contributed by atoms with E-state index in [2.05, 4.69) is 16.0 Å². The van der Waals surface area contributed by atoms with Crippen molar-refractivity contribution in [1.82, 2.24) is 16.0 Å². The normalized spacial score (nSPS) is 12.7. The second kappa shape index (κ2) is 8.49. The van der Waals surface area contributed by atoms with E-state index in [1.54, 1.807) is 0 Å². The fraction of sp³-hybridized carbons (Fsp3) is 0.786. The molecule has 7 nitrogen and oxygen atoms in total. The minimum Gasteiger partial charge on any atom is -0.481 e. The van der Waals surface area contributed by atoms with Crippen LogP contribution in [0, 0.1) is 5.92 Å². The van der Waals surface area contributed by atoms with Crippen molar-refractivity contribution < 1.29 is 19.5 Å². The highest BCUT2D eigenvalue weighted by atomic mass is 16.4. The molecule has 0 aromatic rings. The first-order chi connectivity index (χ1) is 9.51. The predicted molar refractivity (Wildman–Crippen MR) is 79.9 cm³/mol. The van der Waals surface area contributed by atoms with Gasteiger partial charge in [0.2, 0.25) is 5.91 Å². The van der Waals surface area contributed by atoms with Crippen molar-refractivity contribution >= 4 is 17.9 Å². The van der Waals surface area contributed by atoms with Gasteiger partial charge in [0.1, 0.15) is 0 Å². The summed E-state index contributed by atoms with van der Waals surface area (Å²) in [6, 6.07) is -0.899. The highest BCUT2D eigenvalue weighted by Gasteiger charge is 2.19. The summed E-state index contributed by atoms with van der Waals surface area (Å²) in [4.78, 5) is 33.9. The molecule has 0 bridgehead atoms. The van der Waals surface area contributed by atoms with Crippen molar-refractivity contribution in [2.75, 3.05) is 6.54 Å². The minimum atomic E-state index is -0.960. The van der Waals surface area contributed by atoms with Crippen LogP contribution in [-0.4, -0.2) is 41.1 Å². The maximum atomic E-state index is 11.7. The summed E-state index contributed by atoms with van der Waals surface area (Å²) < 4.78 is 0. The number of carboxylic acids is 1. The number of hydrogen-bond donors (Lipinski definition) is 4. The maximum absolute atomic E-state index is 11.7. The van der Waals surface area contributed by atoms with Gasteiger partial charge in [0.15, 0.2) is 0 Å². The monoisotopic (exact) mass is 301 g/mol. The van der Waals surface area contributed by atoms with E-state index in [9.17, 15) is 14.4 Å². The standard InChI is InChI=1S/C14H27N3O4/c1-9(2)10(8-12(19)20)16-13(21)15-7-6-11(18)17-14(3,4)5/h9-10H,6-8H2,1-5H3,(H,17,18)(H,19,20)(H2,15,16,21). The molecule has 122 valence electrons. The number of nitrogens with one attached hydrogen (secondary N) is 3. The molecule has 0 rings (SSSR count). The second-order valence-electron chi connectivity index (χ2n) is 6.40. The molecule has 0 aliphatic heterocycles. The SMILES string of the molecule is CC(C)C(CC(=O)O)NC(=O)NCCC(=O)NC(C)(C)C. The van der Waals surface area contributed by atoms with Crippen LogP contribution in [0.15, 0.2) is 0 Å².